The molecule has 0 aliphatic heterocycles. The highest BCUT2D eigenvalue weighted by Gasteiger charge is 2.14. The van der Waals surface area contributed by atoms with E-state index < -0.39 is 0 Å². The van der Waals surface area contributed by atoms with Crippen molar-refractivity contribution in [3.05, 3.63) is 58.7 Å². The molecular weight excluding hydrogens is 444 g/mol. The van der Waals surface area contributed by atoms with Crippen LogP contribution in [0.4, 0.5) is 5.69 Å². The van der Waals surface area contributed by atoms with Gasteiger partial charge in [-0.05, 0) is 58.7 Å². The van der Waals surface area contributed by atoms with Gasteiger partial charge in [-0.2, -0.15) is 0 Å². The number of aromatic hydroxyl groups is 1. The van der Waals surface area contributed by atoms with Crippen molar-refractivity contribution in [1.29, 1.82) is 0 Å². The summed E-state index contributed by atoms with van der Waals surface area (Å²) < 4.78 is 12.0. The van der Waals surface area contributed by atoms with E-state index in [1.165, 1.54) is 38.3 Å². The van der Waals surface area contributed by atoms with Gasteiger partial charge in [0.15, 0.2) is 5.69 Å². The van der Waals surface area contributed by atoms with Crippen molar-refractivity contribution in [2.75, 3.05) is 6.61 Å². The molecule has 1 heterocycles. The van der Waals surface area contributed by atoms with Crippen LogP contribution in [0.2, 0.25) is 0 Å². The van der Waals surface area contributed by atoms with Crippen molar-refractivity contribution in [1.82, 2.24) is 4.98 Å². The van der Waals surface area contributed by atoms with E-state index in [2.05, 4.69) is 32.8 Å². The zero-order chi connectivity index (χ0) is 21.2. The van der Waals surface area contributed by atoms with Crippen LogP contribution in [0.5, 0.6) is 11.7 Å². The second-order valence-electron chi connectivity index (χ2n) is 7.06. The van der Waals surface area contributed by atoms with E-state index in [4.69, 9.17) is 9.15 Å². The number of aliphatic imine (C=N–C) groups is 1. The van der Waals surface area contributed by atoms with Crippen LogP contribution in [-0.2, 0) is 0 Å². The molecule has 0 saturated carbocycles. The maximum atomic E-state index is 10.0. The number of nitrogens with zero attached hydrogens (tertiary/aromatic N) is 2. The highest BCUT2D eigenvalue weighted by atomic mass is 79.9. The summed E-state index contributed by atoms with van der Waals surface area (Å²) in [6.45, 7) is 2.96. The Morgan fingerprint density at radius 2 is 1.77 bits per heavy atom. The summed E-state index contributed by atoms with van der Waals surface area (Å²) in [5.74, 6) is 0.909. The summed E-state index contributed by atoms with van der Waals surface area (Å²) >= 11 is 3.46. The van der Waals surface area contributed by atoms with E-state index in [1.807, 2.05) is 48.5 Å². The van der Waals surface area contributed by atoms with Gasteiger partial charge >= 0.3 is 5.95 Å². The predicted octanol–water partition coefficient (Wildman–Crippen LogP) is 7.30. The molecular formula is C24H27BrN2O3. The molecule has 0 atom stereocenters. The molecule has 1 aromatic heterocycles. The van der Waals surface area contributed by atoms with E-state index in [9.17, 15) is 5.11 Å². The molecule has 0 unspecified atom stereocenters. The standard InChI is InChI=1S/C24H27BrN2O3/c1-2-3-4-5-6-9-16-29-19-14-12-18(13-15-19)26-17-22-24(28)30-23(27-22)20-10-7-8-11-21(20)25/h7-8,10-15,17,28H,2-6,9,16H2,1H3. The summed E-state index contributed by atoms with van der Waals surface area (Å²) in [5.41, 5.74) is 1.79. The average molecular weight is 471 g/mol. The number of oxazole rings is 1. The van der Waals surface area contributed by atoms with Crippen molar-refractivity contribution in [2.24, 2.45) is 4.99 Å². The molecule has 0 bridgehead atoms. The molecule has 1 N–H and O–H groups in total. The van der Waals surface area contributed by atoms with Crippen molar-refractivity contribution >= 4 is 27.8 Å². The van der Waals surface area contributed by atoms with Crippen LogP contribution in [-0.4, -0.2) is 22.9 Å². The first-order chi connectivity index (χ1) is 14.7. The van der Waals surface area contributed by atoms with Crippen LogP contribution < -0.4 is 4.74 Å². The van der Waals surface area contributed by atoms with Crippen LogP contribution in [0.15, 0.2) is 62.4 Å². The minimum absolute atomic E-state index is 0.261. The third-order valence-electron chi connectivity index (χ3n) is 4.68. The summed E-state index contributed by atoms with van der Waals surface area (Å²) in [6.07, 6.45) is 8.97. The normalized spacial score (nSPS) is 11.3. The molecule has 3 aromatic rings. The Labute approximate surface area is 186 Å². The summed E-state index contributed by atoms with van der Waals surface area (Å²) in [5, 5.41) is 10.0. The molecule has 0 aliphatic carbocycles. The first-order valence-corrected chi connectivity index (χ1v) is 11.2. The lowest BCUT2D eigenvalue weighted by molar-refractivity contribution is 0.304. The molecule has 0 fully saturated rings. The smallest absolute Gasteiger partial charge is 0.312 e. The summed E-state index contributed by atoms with van der Waals surface area (Å²) in [7, 11) is 0. The molecule has 6 heteroatoms. The van der Waals surface area contributed by atoms with E-state index in [1.54, 1.807) is 0 Å². The number of hydrogen-bond acceptors (Lipinski definition) is 5. The van der Waals surface area contributed by atoms with Crippen LogP contribution in [0, 0.1) is 0 Å². The topological polar surface area (TPSA) is 67.9 Å². The van der Waals surface area contributed by atoms with Crippen molar-refractivity contribution in [2.45, 2.75) is 45.4 Å². The molecule has 0 amide bonds. The fourth-order valence-corrected chi connectivity index (χ4v) is 3.45. The Bertz CT molecular complexity index is 951. The van der Waals surface area contributed by atoms with Gasteiger partial charge in [0.1, 0.15) is 5.75 Å². The Morgan fingerprint density at radius 3 is 2.53 bits per heavy atom. The van der Waals surface area contributed by atoms with Crippen LogP contribution >= 0.6 is 15.9 Å². The van der Waals surface area contributed by atoms with Gasteiger partial charge in [-0.3, -0.25) is 4.99 Å². The maximum Gasteiger partial charge on any atom is 0.312 e. The van der Waals surface area contributed by atoms with Crippen LogP contribution in [0.25, 0.3) is 11.5 Å². The van der Waals surface area contributed by atoms with Gasteiger partial charge < -0.3 is 14.3 Å². The first kappa shape index (κ1) is 22.1. The molecule has 0 radical (unpaired) electrons. The van der Waals surface area contributed by atoms with Crippen molar-refractivity contribution < 1.29 is 14.3 Å². The zero-order valence-electron chi connectivity index (χ0n) is 17.2. The zero-order valence-corrected chi connectivity index (χ0v) is 18.8. The van der Waals surface area contributed by atoms with Gasteiger partial charge in [0.25, 0.3) is 0 Å². The van der Waals surface area contributed by atoms with Crippen molar-refractivity contribution in [3.63, 3.8) is 0 Å². The number of ether oxygens (including phenoxy) is 1. The quantitative estimate of drug-likeness (QED) is 0.235. The highest BCUT2D eigenvalue weighted by Crippen LogP contribution is 2.31. The molecule has 158 valence electrons. The Kier molecular flexibility index (Phi) is 8.51. The van der Waals surface area contributed by atoms with Gasteiger partial charge in [0, 0.05) is 4.47 Å². The molecule has 30 heavy (non-hydrogen) atoms. The maximum absolute atomic E-state index is 10.0. The average Bonchev–Trinajstić information content (AvgIpc) is 3.13. The molecule has 3 rings (SSSR count). The second-order valence-corrected chi connectivity index (χ2v) is 7.91. The Balaban J connectivity index is 1.52. The van der Waals surface area contributed by atoms with Crippen LogP contribution in [0.1, 0.15) is 51.1 Å². The molecule has 0 aliphatic rings. The summed E-state index contributed by atoms with van der Waals surface area (Å²) in [4.78, 5) is 8.70. The van der Waals surface area contributed by atoms with Gasteiger partial charge in [0.05, 0.1) is 24.1 Å². The SMILES string of the molecule is CCCCCCCCOc1ccc(N=Cc2nc(-c3ccccc3Br)oc2O)cc1. The number of aromatic nitrogens is 1. The Hall–Kier alpha value is -2.60. The fourth-order valence-electron chi connectivity index (χ4n) is 2.99. The third kappa shape index (κ3) is 6.46. The number of rotatable bonds is 11. The highest BCUT2D eigenvalue weighted by molar-refractivity contribution is 9.10. The van der Waals surface area contributed by atoms with E-state index in [0.29, 0.717) is 5.89 Å². The largest absolute Gasteiger partial charge is 0.494 e. The summed E-state index contributed by atoms with van der Waals surface area (Å²) in [6, 6.07) is 15.1. The van der Waals surface area contributed by atoms with E-state index in [0.717, 1.165) is 34.5 Å². The van der Waals surface area contributed by atoms with Crippen molar-refractivity contribution in [3.8, 4) is 23.1 Å². The van der Waals surface area contributed by atoms with Crippen LogP contribution in [0.3, 0.4) is 0 Å². The number of unbranched alkanes of at least 4 members (excludes halogenated alkanes) is 5. The lowest BCUT2D eigenvalue weighted by Gasteiger charge is -2.06. The molecule has 0 spiro atoms. The lowest BCUT2D eigenvalue weighted by atomic mass is 10.1. The molecule has 5 nitrogen and oxygen atoms in total. The van der Waals surface area contributed by atoms with Gasteiger partial charge in [-0.1, -0.05) is 51.2 Å². The molecule has 0 saturated heterocycles. The van der Waals surface area contributed by atoms with Gasteiger partial charge in [-0.25, -0.2) is 4.98 Å². The first-order valence-electron chi connectivity index (χ1n) is 10.4. The lowest BCUT2D eigenvalue weighted by Crippen LogP contribution is -1.96. The minimum atomic E-state index is -0.261. The van der Waals surface area contributed by atoms with E-state index >= 15 is 0 Å². The fraction of sp³-hybridized carbons (Fsp3) is 0.333. The Morgan fingerprint density at radius 1 is 1.03 bits per heavy atom. The number of hydrogen-bond donors (Lipinski definition) is 1. The monoisotopic (exact) mass is 470 g/mol. The predicted molar refractivity (Wildman–Crippen MR) is 124 cm³/mol. The second kappa shape index (κ2) is 11.6. The van der Waals surface area contributed by atoms with Gasteiger partial charge in [-0.15, -0.1) is 0 Å². The number of halogens is 1. The van der Waals surface area contributed by atoms with E-state index in [-0.39, 0.29) is 11.6 Å². The molecule has 2 aromatic carbocycles. The number of benzene rings is 2. The minimum Gasteiger partial charge on any atom is -0.494 e. The third-order valence-corrected chi connectivity index (χ3v) is 5.37. The van der Waals surface area contributed by atoms with Gasteiger partial charge in [0.2, 0.25) is 5.89 Å².